The van der Waals surface area contributed by atoms with Crippen molar-refractivity contribution in [3.63, 3.8) is 0 Å². The van der Waals surface area contributed by atoms with Gasteiger partial charge in [-0.1, -0.05) is 11.2 Å². The van der Waals surface area contributed by atoms with E-state index >= 15 is 0 Å². The molecule has 5 nitrogen and oxygen atoms in total. The first kappa shape index (κ1) is 21.2. The van der Waals surface area contributed by atoms with Crippen molar-refractivity contribution in [3.05, 3.63) is 53.2 Å². The van der Waals surface area contributed by atoms with E-state index in [0.717, 1.165) is 12.1 Å². The Morgan fingerprint density at radius 1 is 1.32 bits per heavy atom. The highest BCUT2D eigenvalue weighted by Gasteiger charge is 2.33. The zero-order valence-electron chi connectivity index (χ0n) is 13.5. The van der Waals surface area contributed by atoms with Crippen LogP contribution in [0.25, 0.3) is 0 Å². The van der Waals surface area contributed by atoms with Gasteiger partial charge >= 0.3 is 6.18 Å². The first-order valence-corrected chi connectivity index (χ1v) is 6.98. The molecule has 0 aliphatic heterocycles. The fourth-order valence-electron chi connectivity index (χ4n) is 2.16. The molecular weight excluding hydrogens is 455 g/mol. The van der Waals surface area contributed by atoms with E-state index < -0.39 is 17.6 Å². The highest BCUT2D eigenvalue weighted by molar-refractivity contribution is 14.0. The van der Waals surface area contributed by atoms with Gasteiger partial charge in [0.1, 0.15) is 17.8 Å². The monoisotopic (exact) mass is 472 g/mol. The zero-order chi connectivity index (χ0) is 17.7. The summed E-state index contributed by atoms with van der Waals surface area (Å²) in [5.41, 5.74) is -0.428. The Labute approximate surface area is 159 Å². The molecule has 1 aromatic heterocycles. The van der Waals surface area contributed by atoms with Crippen LogP contribution in [0.2, 0.25) is 0 Å². The van der Waals surface area contributed by atoms with Gasteiger partial charge in [0, 0.05) is 26.7 Å². The van der Waals surface area contributed by atoms with E-state index in [-0.39, 0.29) is 36.1 Å². The number of nitrogens with zero attached hydrogens (tertiary/aromatic N) is 3. The molecule has 0 atom stereocenters. The van der Waals surface area contributed by atoms with E-state index in [1.165, 1.54) is 13.3 Å². The second kappa shape index (κ2) is 9.02. The van der Waals surface area contributed by atoms with Crippen molar-refractivity contribution in [1.82, 2.24) is 15.4 Å². The third-order valence-corrected chi connectivity index (χ3v) is 3.28. The fraction of sp³-hybridized carbons (Fsp3) is 0.333. The Bertz CT molecular complexity index is 704. The number of aliphatic imine (C=N–C) groups is 1. The zero-order valence-corrected chi connectivity index (χ0v) is 15.8. The molecule has 0 amide bonds. The van der Waals surface area contributed by atoms with Gasteiger partial charge in [-0.05, 0) is 17.7 Å². The maximum absolute atomic E-state index is 13.1. The molecule has 0 bridgehead atoms. The molecule has 25 heavy (non-hydrogen) atoms. The summed E-state index contributed by atoms with van der Waals surface area (Å²) in [6.07, 6.45) is -3.21. The smallest absolute Gasteiger partial charge is 0.364 e. The summed E-state index contributed by atoms with van der Waals surface area (Å²) in [5, 5.41) is 6.58. The van der Waals surface area contributed by atoms with Gasteiger partial charge in [-0.3, -0.25) is 4.99 Å². The van der Waals surface area contributed by atoms with Crippen molar-refractivity contribution in [3.8, 4) is 0 Å². The van der Waals surface area contributed by atoms with Crippen LogP contribution in [-0.2, 0) is 19.3 Å². The Hall–Kier alpha value is -1.85. The average molecular weight is 472 g/mol. The number of hydrogen-bond acceptors (Lipinski definition) is 3. The van der Waals surface area contributed by atoms with Crippen molar-refractivity contribution in [2.75, 3.05) is 14.1 Å². The van der Waals surface area contributed by atoms with Crippen LogP contribution in [-0.4, -0.2) is 30.1 Å². The number of benzene rings is 1. The maximum Gasteiger partial charge on any atom is 0.416 e. The minimum Gasteiger partial charge on any atom is -0.364 e. The molecule has 2 aromatic rings. The fourth-order valence-corrected chi connectivity index (χ4v) is 2.16. The van der Waals surface area contributed by atoms with Crippen LogP contribution in [0.4, 0.5) is 17.6 Å². The lowest BCUT2D eigenvalue weighted by Gasteiger charge is -2.22. The van der Waals surface area contributed by atoms with Crippen LogP contribution >= 0.6 is 24.0 Å². The number of guanidine groups is 1. The van der Waals surface area contributed by atoms with E-state index in [1.807, 2.05) is 0 Å². The van der Waals surface area contributed by atoms with Gasteiger partial charge in [0.15, 0.2) is 5.96 Å². The normalized spacial score (nSPS) is 11.8. The molecule has 0 radical (unpaired) electrons. The molecule has 1 N–H and O–H groups in total. The van der Waals surface area contributed by atoms with Crippen molar-refractivity contribution >= 4 is 29.9 Å². The van der Waals surface area contributed by atoms with Gasteiger partial charge in [-0.2, -0.15) is 13.2 Å². The van der Waals surface area contributed by atoms with Crippen LogP contribution in [0.3, 0.4) is 0 Å². The molecule has 1 heterocycles. The number of aromatic nitrogens is 1. The van der Waals surface area contributed by atoms with Crippen molar-refractivity contribution in [1.29, 1.82) is 0 Å². The predicted molar refractivity (Wildman–Crippen MR) is 95.0 cm³/mol. The lowest BCUT2D eigenvalue weighted by molar-refractivity contribution is -0.138. The van der Waals surface area contributed by atoms with Crippen LogP contribution < -0.4 is 5.32 Å². The largest absolute Gasteiger partial charge is 0.416 e. The molecule has 0 spiro atoms. The summed E-state index contributed by atoms with van der Waals surface area (Å²) >= 11 is 0. The Kier molecular flexibility index (Phi) is 7.64. The molecule has 0 saturated carbocycles. The lowest BCUT2D eigenvalue weighted by Crippen LogP contribution is -2.38. The molecule has 0 aliphatic rings. The van der Waals surface area contributed by atoms with Crippen molar-refractivity contribution in [2.45, 2.75) is 19.3 Å². The van der Waals surface area contributed by atoms with Crippen LogP contribution in [0.1, 0.15) is 16.8 Å². The summed E-state index contributed by atoms with van der Waals surface area (Å²) < 4.78 is 56.8. The number of halogens is 5. The standard InChI is InChI=1S/C15H16F4N4O.HI/c1-20-14(23(2)9-12-5-6-24-22-12)21-8-10-3-4-11(16)7-13(10)15(17,18)19;/h3-7H,8-9H2,1-2H3,(H,20,21);1H. The summed E-state index contributed by atoms with van der Waals surface area (Å²) in [5.74, 6) is -0.561. The second-order valence-electron chi connectivity index (χ2n) is 5.05. The van der Waals surface area contributed by atoms with Gasteiger partial charge in [0.2, 0.25) is 0 Å². The first-order valence-electron chi connectivity index (χ1n) is 6.98. The molecule has 138 valence electrons. The Morgan fingerprint density at radius 2 is 2.04 bits per heavy atom. The van der Waals surface area contributed by atoms with E-state index in [2.05, 4.69) is 15.5 Å². The number of rotatable bonds is 4. The van der Waals surface area contributed by atoms with Crippen LogP contribution in [0.5, 0.6) is 0 Å². The van der Waals surface area contributed by atoms with E-state index in [4.69, 9.17) is 4.52 Å². The number of alkyl halides is 3. The summed E-state index contributed by atoms with van der Waals surface area (Å²) in [7, 11) is 3.22. The highest BCUT2D eigenvalue weighted by atomic mass is 127. The minimum absolute atomic E-state index is 0. The molecule has 0 unspecified atom stereocenters. The highest BCUT2D eigenvalue weighted by Crippen LogP contribution is 2.32. The Balaban J connectivity index is 0.00000312. The van der Waals surface area contributed by atoms with Gasteiger partial charge in [-0.15, -0.1) is 24.0 Å². The van der Waals surface area contributed by atoms with Crippen LogP contribution in [0, 0.1) is 5.82 Å². The Morgan fingerprint density at radius 3 is 2.60 bits per heavy atom. The molecule has 0 fully saturated rings. The van der Waals surface area contributed by atoms with Crippen LogP contribution in [0.15, 0.2) is 40.0 Å². The lowest BCUT2D eigenvalue weighted by atomic mass is 10.1. The molecule has 0 saturated heterocycles. The third kappa shape index (κ3) is 5.87. The summed E-state index contributed by atoms with van der Waals surface area (Å²) in [4.78, 5) is 5.69. The maximum atomic E-state index is 13.1. The average Bonchev–Trinajstić information content (AvgIpc) is 3.01. The molecule has 0 aliphatic carbocycles. The van der Waals surface area contributed by atoms with Gasteiger partial charge in [-0.25, -0.2) is 4.39 Å². The topological polar surface area (TPSA) is 53.7 Å². The molecule has 10 heteroatoms. The molecule has 1 aromatic carbocycles. The number of hydrogen-bond donors (Lipinski definition) is 1. The quantitative estimate of drug-likeness (QED) is 0.320. The van der Waals surface area contributed by atoms with Gasteiger partial charge in [0.05, 0.1) is 12.1 Å². The van der Waals surface area contributed by atoms with E-state index in [1.54, 1.807) is 18.0 Å². The van der Waals surface area contributed by atoms with E-state index in [0.29, 0.717) is 24.3 Å². The van der Waals surface area contributed by atoms with Gasteiger partial charge in [0.25, 0.3) is 0 Å². The van der Waals surface area contributed by atoms with E-state index in [9.17, 15) is 17.6 Å². The summed E-state index contributed by atoms with van der Waals surface area (Å²) in [6, 6.07) is 4.26. The predicted octanol–water partition coefficient (Wildman–Crippen LogP) is 3.66. The summed E-state index contributed by atoms with van der Waals surface area (Å²) in [6.45, 7) is 0.219. The van der Waals surface area contributed by atoms with Gasteiger partial charge < -0.3 is 14.7 Å². The van der Waals surface area contributed by atoms with Crippen molar-refractivity contribution in [2.24, 2.45) is 4.99 Å². The van der Waals surface area contributed by atoms with Crippen molar-refractivity contribution < 1.29 is 22.1 Å². The molecule has 2 rings (SSSR count). The second-order valence-corrected chi connectivity index (χ2v) is 5.05. The number of nitrogens with one attached hydrogen (secondary N) is 1. The third-order valence-electron chi connectivity index (χ3n) is 3.28. The SMILES string of the molecule is CN=C(NCc1ccc(F)cc1C(F)(F)F)N(C)Cc1ccon1.I. The molecular formula is C15H17F4IN4O. The first-order chi connectivity index (χ1) is 11.3. The minimum atomic E-state index is -4.63.